The Hall–Kier alpha value is -3.25. The molecule has 30 heavy (non-hydrogen) atoms. The van der Waals surface area contributed by atoms with E-state index in [0.717, 1.165) is 65.4 Å². The molecule has 1 unspecified atom stereocenters. The number of fused-ring (bicyclic) bond motifs is 1. The predicted octanol–water partition coefficient (Wildman–Crippen LogP) is 4.59. The van der Waals surface area contributed by atoms with E-state index in [-0.39, 0.29) is 5.92 Å². The van der Waals surface area contributed by atoms with Gasteiger partial charge in [0.2, 0.25) is 11.7 Å². The maximum Gasteiger partial charge on any atom is 0.231 e. The molecule has 0 bridgehead atoms. The van der Waals surface area contributed by atoms with E-state index in [4.69, 9.17) is 19.2 Å². The van der Waals surface area contributed by atoms with E-state index >= 15 is 0 Å². The largest absolute Gasteiger partial charge is 0.497 e. The summed E-state index contributed by atoms with van der Waals surface area (Å²) in [5.74, 6) is 2.52. The van der Waals surface area contributed by atoms with Crippen molar-refractivity contribution >= 4 is 10.9 Å². The van der Waals surface area contributed by atoms with Crippen molar-refractivity contribution in [1.29, 1.82) is 0 Å². The molecule has 1 fully saturated rings. The van der Waals surface area contributed by atoms with Gasteiger partial charge in [-0.25, -0.2) is 0 Å². The average Bonchev–Trinajstić information content (AvgIpc) is 3.43. The molecule has 2 aromatic heterocycles. The van der Waals surface area contributed by atoms with Crippen LogP contribution in [0, 0.1) is 6.92 Å². The van der Waals surface area contributed by atoms with Crippen molar-refractivity contribution in [3.8, 4) is 17.1 Å². The van der Waals surface area contributed by atoms with Crippen LogP contribution in [0.2, 0.25) is 0 Å². The Bertz CT molecular complexity index is 1190. The smallest absolute Gasteiger partial charge is 0.231 e. The number of hydrogen-bond acceptors (Lipinski definition) is 6. The normalized spacial score (nSPS) is 16.9. The minimum Gasteiger partial charge on any atom is -0.497 e. The van der Waals surface area contributed by atoms with Crippen LogP contribution in [-0.4, -0.2) is 40.2 Å². The zero-order chi connectivity index (χ0) is 20.5. The molecule has 0 amide bonds. The summed E-state index contributed by atoms with van der Waals surface area (Å²) in [6.45, 7) is 4.78. The van der Waals surface area contributed by atoms with E-state index in [0.29, 0.717) is 5.82 Å². The summed E-state index contributed by atoms with van der Waals surface area (Å²) in [5, 5.41) is 5.31. The molecule has 1 atom stereocenters. The van der Waals surface area contributed by atoms with Gasteiger partial charge in [-0.15, -0.1) is 0 Å². The van der Waals surface area contributed by atoms with Crippen molar-refractivity contribution in [2.24, 2.45) is 0 Å². The molecule has 6 heteroatoms. The van der Waals surface area contributed by atoms with Gasteiger partial charge in [0.25, 0.3) is 0 Å². The molecule has 152 valence electrons. The highest BCUT2D eigenvalue weighted by Crippen LogP contribution is 2.29. The van der Waals surface area contributed by atoms with Crippen LogP contribution in [0.25, 0.3) is 22.3 Å². The molecule has 1 aliphatic rings. The van der Waals surface area contributed by atoms with Crippen molar-refractivity contribution in [2.75, 3.05) is 20.2 Å². The van der Waals surface area contributed by atoms with Crippen LogP contribution < -0.4 is 4.74 Å². The Morgan fingerprint density at radius 2 is 2.00 bits per heavy atom. The molecular weight excluding hydrogens is 376 g/mol. The average molecular weight is 400 g/mol. The Morgan fingerprint density at radius 1 is 1.10 bits per heavy atom. The molecule has 0 N–H and O–H groups in total. The quantitative estimate of drug-likeness (QED) is 0.488. The number of hydrogen-bond donors (Lipinski definition) is 0. The predicted molar refractivity (Wildman–Crippen MR) is 115 cm³/mol. The first-order valence-electron chi connectivity index (χ1n) is 10.3. The summed E-state index contributed by atoms with van der Waals surface area (Å²) in [4.78, 5) is 11.9. The number of benzene rings is 2. The molecule has 0 saturated carbocycles. The molecule has 0 aliphatic carbocycles. The van der Waals surface area contributed by atoms with Crippen LogP contribution in [0.15, 0.2) is 59.1 Å². The molecule has 5 rings (SSSR count). The van der Waals surface area contributed by atoms with E-state index in [1.165, 1.54) is 0 Å². The van der Waals surface area contributed by atoms with Crippen LogP contribution in [0.5, 0.6) is 5.75 Å². The summed E-state index contributed by atoms with van der Waals surface area (Å²) in [6, 6.07) is 18.3. The zero-order valence-corrected chi connectivity index (χ0v) is 17.2. The van der Waals surface area contributed by atoms with Crippen LogP contribution in [0.3, 0.4) is 0 Å². The number of pyridine rings is 1. The molecule has 1 aliphatic heterocycles. The standard InChI is InChI=1S/C24H24N4O2/c1-16-5-3-4-6-21(16)23-26-24(30-27-23)18-11-12-28(14-18)15-19-8-7-17-13-20(29-2)9-10-22(17)25-19/h3-10,13,18H,11-12,14-15H2,1-2H3. The van der Waals surface area contributed by atoms with Crippen LogP contribution in [0.4, 0.5) is 0 Å². The van der Waals surface area contributed by atoms with E-state index in [1.54, 1.807) is 7.11 Å². The lowest BCUT2D eigenvalue weighted by Gasteiger charge is -2.15. The van der Waals surface area contributed by atoms with E-state index in [9.17, 15) is 0 Å². The Labute approximate surface area is 175 Å². The van der Waals surface area contributed by atoms with Gasteiger partial charge in [0.1, 0.15) is 5.75 Å². The minimum atomic E-state index is 0.264. The summed E-state index contributed by atoms with van der Waals surface area (Å²) in [6.07, 6.45) is 1.01. The van der Waals surface area contributed by atoms with Crippen molar-refractivity contribution in [1.82, 2.24) is 20.0 Å². The second-order valence-corrected chi connectivity index (χ2v) is 7.85. The van der Waals surface area contributed by atoms with Gasteiger partial charge in [-0.05, 0) is 49.7 Å². The third-order valence-corrected chi connectivity index (χ3v) is 5.79. The second kappa shape index (κ2) is 7.88. The molecule has 0 radical (unpaired) electrons. The highest BCUT2D eigenvalue weighted by atomic mass is 16.5. The van der Waals surface area contributed by atoms with Gasteiger partial charge in [0, 0.05) is 24.0 Å². The first-order valence-corrected chi connectivity index (χ1v) is 10.3. The third-order valence-electron chi connectivity index (χ3n) is 5.79. The van der Waals surface area contributed by atoms with Crippen molar-refractivity contribution in [3.63, 3.8) is 0 Å². The number of methoxy groups -OCH3 is 1. The molecule has 0 spiro atoms. The summed E-state index contributed by atoms with van der Waals surface area (Å²) < 4.78 is 10.9. The molecular formula is C24H24N4O2. The van der Waals surface area contributed by atoms with Gasteiger partial charge in [-0.2, -0.15) is 4.98 Å². The summed E-state index contributed by atoms with van der Waals surface area (Å²) >= 11 is 0. The van der Waals surface area contributed by atoms with Crippen LogP contribution in [0.1, 0.15) is 29.5 Å². The summed E-state index contributed by atoms with van der Waals surface area (Å²) in [7, 11) is 1.68. The third kappa shape index (κ3) is 3.66. The SMILES string of the molecule is COc1ccc2nc(CN3CCC(c4nc(-c5ccccc5C)no4)C3)ccc2c1. The highest BCUT2D eigenvalue weighted by Gasteiger charge is 2.29. The monoisotopic (exact) mass is 400 g/mol. The van der Waals surface area contributed by atoms with Crippen LogP contribution in [-0.2, 0) is 6.54 Å². The van der Waals surface area contributed by atoms with Crippen molar-refractivity contribution < 1.29 is 9.26 Å². The van der Waals surface area contributed by atoms with Gasteiger partial charge in [-0.1, -0.05) is 35.5 Å². The maximum atomic E-state index is 5.62. The number of nitrogens with zero attached hydrogens (tertiary/aromatic N) is 4. The summed E-state index contributed by atoms with van der Waals surface area (Å²) in [5.41, 5.74) is 4.24. The van der Waals surface area contributed by atoms with Crippen molar-refractivity contribution in [3.05, 3.63) is 71.7 Å². The first-order chi connectivity index (χ1) is 14.7. The highest BCUT2D eigenvalue weighted by molar-refractivity contribution is 5.80. The molecule has 2 aromatic carbocycles. The van der Waals surface area contributed by atoms with Gasteiger partial charge < -0.3 is 9.26 Å². The number of ether oxygens (including phenoxy) is 1. The second-order valence-electron chi connectivity index (χ2n) is 7.85. The molecule has 1 saturated heterocycles. The van der Waals surface area contributed by atoms with Crippen molar-refractivity contribution in [2.45, 2.75) is 25.8 Å². The lowest BCUT2D eigenvalue weighted by Crippen LogP contribution is -2.20. The van der Waals surface area contributed by atoms with Gasteiger partial charge >= 0.3 is 0 Å². The minimum absolute atomic E-state index is 0.264. The fourth-order valence-electron chi connectivity index (χ4n) is 4.10. The lowest BCUT2D eigenvalue weighted by molar-refractivity contribution is 0.306. The number of aryl methyl sites for hydroxylation is 1. The fourth-order valence-corrected chi connectivity index (χ4v) is 4.10. The fraction of sp³-hybridized carbons (Fsp3) is 0.292. The first kappa shape index (κ1) is 18.8. The zero-order valence-electron chi connectivity index (χ0n) is 17.2. The number of likely N-dealkylation sites (tertiary alicyclic amines) is 1. The Morgan fingerprint density at radius 3 is 2.87 bits per heavy atom. The van der Waals surface area contributed by atoms with Gasteiger partial charge in [-0.3, -0.25) is 9.88 Å². The number of rotatable bonds is 5. The topological polar surface area (TPSA) is 64.3 Å². The van der Waals surface area contributed by atoms with Crippen LogP contribution >= 0.6 is 0 Å². The Kier molecular flexibility index (Phi) is 4.93. The van der Waals surface area contributed by atoms with Gasteiger partial charge in [0.05, 0.1) is 24.2 Å². The lowest BCUT2D eigenvalue weighted by atomic mass is 10.1. The number of aromatic nitrogens is 3. The van der Waals surface area contributed by atoms with E-state index in [2.05, 4.69) is 35.2 Å². The van der Waals surface area contributed by atoms with E-state index < -0.39 is 0 Å². The van der Waals surface area contributed by atoms with E-state index in [1.807, 2.05) is 36.4 Å². The molecule has 6 nitrogen and oxygen atoms in total. The van der Waals surface area contributed by atoms with Gasteiger partial charge in [0.15, 0.2) is 0 Å². The molecule has 4 aromatic rings. The molecule has 3 heterocycles. The maximum absolute atomic E-state index is 5.62. The Balaban J connectivity index is 1.27.